The Kier molecular flexibility index (Phi) is 4.09. The van der Waals surface area contributed by atoms with Crippen molar-refractivity contribution in [2.75, 3.05) is 25.1 Å². The molecular weight excluding hydrogens is 324 g/mol. The number of hydrogen-bond acceptors (Lipinski definition) is 6. The van der Waals surface area contributed by atoms with Crippen LogP contribution in [0.1, 0.15) is 11.9 Å². The molecule has 1 unspecified atom stereocenters. The maximum absolute atomic E-state index is 12.6. The van der Waals surface area contributed by atoms with Gasteiger partial charge in [0.1, 0.15) is 18.2 Å². The second-order valence-corrected chi connectivity index (χ2v) is 5.44. The first kappa shape index (κ1) is 15.3. The van der Waals surface area contributed by atoms with Crippen LogP contribution in [0.4, 0.5) is 10.5 Å². The van der Waals surface area contributed by atoms with Gasteiger partial charge in [0, 0.05) is 18.9 Å². The van der Waals surface area contributed by atoms with Crippen molar-refractivity contribution < 1.29 is 9.53 Å². The van der Waals surface area contributed by atoms with Crippen molar-refractivity contribution in [2.45, 2.75) is 6.04 Å². The zero-order chi connectivity index (χ0) is 17.1. The lowest BCUT2D eigenvalue weighted by Crippen LogP contribution is -2.45. The monoisotopic (exact) mass is 340 g/mol. The van der Waals surface area contributed by atoms with E-state index >= 15 is 0 Å². The van der Waals surface area contributed by atoms with Gasteiger partial charge in [-0.25, -0.2) is 19.4 Å². The van der Waals surface area contributed by atoms with Gasteiger partial charge in [0.25, 0.3) is 0 Å². The molecule has 0 saturated carbocycles. The molecule has 25 heavy (non-hydrogen) atoms. The molecule has 3 aromatic heterocycles. The Hall–Kier alpha value is -3.27. The number of morpholine rings is 1. The van der Waals surface area contributed by atoms with Crippen molar-refractivity contribution in [1.82, 2.24) is 34.8 Å². The van der Waals surface area contributed by atoms with Crippen LogP contribution in [0, 0.1) is 0 Å². The number of hydrogen-bond donors (Lipinski definition) is 2. The van der Waals surface area contributed by atoms with Gasteiger partial charge in [0.15, 0.2) is 5.82 Å². The summed E-state index contributed by atoms with van der Waals surface area (Å²) >= 11 is 0. The smallest absolute Gasteiger partial charge is 0.322 e. The van der Waals surface area contributed by atoms with Crippen LogP contribution < -0.4 is 5.32 Å². The first-order chi connectivity index (χ1) is 12.3. The predicted molar refractivity (Wildman–Crippen MR) is 87.0 cm³/mol. The molecule has 1 aliphatic heterocycles. The normalized spacial score (nSPS) is 17.4. The maximum atomic E-state index is 12.6. The molecule has 2 N–H and O–H groups in total. The van der Waals surface area contributed by atoms with Gasteiger partial charge in [-0.15, -0.1) is 0 Å². The highest BCUT2D eigenvalue weighted by molar-refractivity contribution is 5.89. The number of carbonyl (C=O) groups excluding carboxylic acids is 1. The standard InChI is InChI=1S/C15H16N8O2/c24-15(22-6-7-25-9-12(22)14-17-10-18-21-14)20-11-2-3-13(16-8-11)23-5-1-4-19-23/h1-5,8,10,12H,6-7,9H2,(H,20,24)(H,17,18,21). The number of H-pyrrole nitrogens is 1. The Labute approximate surface area is 142 Å². The van der Waals surface area contributed by atoms with Crippen LogP contribution in [0.25, 0.3) is 5.82 Å². The van der Waals surface area contributed by atoms with Crippen LogP contribution in [0.2, 0.25) is 0 Å². The number of rotatable bonds is 3. The third-order valence-electron chi connectivity index (χ3n) is 3.88. The summed E-state index contributed by atoms with van der Waals surface area (Å²) in [5.41, 5.74) is 0.601. The third-order valence-corrected chi connectivity index (χ3v) is 3.88. The minimum absolute atomic E-state index is 0.238. The van der Waals surface area contributed by atoms with Gasteiger partial charge < -0.3 is 15.0 Å². The number of aromatic amines is 1. The average Bonchev–Trinajstić information content (AvgIpc) is 3.36. The fourth-order valence-electron chi connectivity index (χ4n) is 2.64. The van der Waals surface area contributed by atoms with Gasteiger partial charge in [0.05, 0.1) is 25.1 Å². The molecule has 0 radical (unpaired) electrons. The molecule has 1 aliphatic rings. The molecular formula is C15H16N8O2. The van der Waals surface area contributed by atoms with E-state index in [-0.39, 0.29) is 12.1 Å². The number of carbonyl (C=O) groups is 1. The van der Waals surface area contributed by atoms with E-state index in [0.717, 1.165) is 0 Å². The molecule has 1 saturated heterocycles. The van der Waals surface area contributed by atoms with Gasteiger partial charge in [-0.05, 0) is 18.2 Å². The zero-order valence-corrected chi connectivity index (χ0v) is 13.2. The molecule has 128 valence electrons. The lowest BCUT2D eigenvalue weighted by Gasteiger charge is -2.34. The van der Waals surface area contributed by atoms with Gasteiger partial charge >= 0.3 is 6.03 Å². The highest BCUT2D eigenvalue weighted by atomic mass is 16.5. The summed E-state index contributed by atoms with van der Waals surface area (Å²) in [7, 11) is 0. The van der Waals surface area contributed by atoms with Crippen molar-refractivity contribution in [3.8, 4) is 5.82 Å². The van der Waals surface area contributed by atoms with Crippen molar-refractivity contribution in [1.29, 1.82) is 0 Å². The largest absolute Gasteiger partial charge is 0.377 e. The predicted octanol–water partition coefficient (Wildman–Crippen LogP) is 0.991. The lowest BCUT2D eigenvalue weighted by molar-refractivity contribution is 0.0118. The van der Waals surface area contributed by atoms with E-state index in [1.165, 1.54) is 6.33 Å². The van der Waals surface area contributed by atoms with Crippen LogP contribution in [0.3, 0.4) is 0 Å². The molecule has 0 aliphatic carbocycles. The summed E-state index contributed by atoms with van der Waals surface area (Å²) in [5.74, 6) is 1.27. The SMILES string of the molecule is O=C(Nc1ccc(-n2cccn2)nc1)N1CCOCC1c1ncn[nH]1. The number of ether oxygens (including phenoxy) is 1. The van der Waals surface area contributed by atoms with Gasteiger partial charge in [-0.1, -0.05) is 0 Å². The molecule has 2 amide bonds. The van der Waals surface area contributed by atoms with Crippen LogP contribution in [-0.4, -0.2) is 60.6 Å². The number of anilines is 1. The highest BCUT2D eigenvalue weighted by Crippen LogP contribution is 2.22. The number of nitrogens with one attached hydrogen (secondary N) is 2. The fourth-order valence-corrected chi connectivity index (χ4v) is 2.64. The first-order valence-electron chi connectivity index (χ1n) is 7.78. The van der Waals surface area contributed by atoms with Gasteiger partial charge in [0.2, 0.25) is 0 Å². The van der Waals surface area contributed by atoms with E-state index in [9.17, 15) is 4.79 Å². The van der Waals surface area contributed by atoms with E-state index in [1.54, 1.807) is 40.3 Å². The Morgan fingerprint density at radius 2 is 2.32 bits per heavy atom. The Bertz CT molecular complexity index is 816. The minimum Gasteiger partial charge on any atom is -0.377 e. The summed E-state index contributed by atoms with van der Waals surface area (Å²) < 4.78 is 7.11. The van der Waals surface area contributed by atoms with E-state index in [1.807, 2.05) is 6.07 Å². The van der Waals surface area contributed by atoms with Crippen LogP contribution in [-0.2, 0) is 4.74 Å². The maximum Gasteiger partial charge on any atom is 0.322 e. The third kappa shape index (κ3) is 3.19. The van der Waals surface area contributed by atoms with Crippen molar-refractivity contribution >= 4 is 11.7 Å². The molecule has 1 fully saturated rings. The Morgan fingerprint density at radius 1 is 1.36 bits per heavy atom. The van der Waals surface area contributed by atoms with Crippen LogP contribution in [0.15, 0.2) is 43.1 Å². The summed E-state index contributed by atoms with van der Waals surface area (Å²) in [6.45, 7) is 1.32. The van der Waals surface area contributed by atoms with Crippen molar-refractivity contribution in [2.24, 2.45) is 0 Å². The van der Waals surface area contributed by atoms with E-state index < -0.39 is 0 Å². The second-order valence-electron chi connectivity index (χ2n) is 5.44. The molecule has 0 spiro atoms. The van der Waals surface area contributed by atoms with Crippen molar-refractivity contribution in [3.63, 3.8) is 0 Å². The van der Waals surface area contributed by atoms with E-state index in [0.29, 0.717) is 37.1 Å². The van der Waals surface area contributed by atoms with Gasteiger partial charge in [-0.2, -0.15) is 10.2 Å². The molecule has 10 heteroatoms. The van der Waals surface area contributed by atoms with Crippen molar-refractivity contribution in [3.05, 3.63) is 48.9 Å². The highest BCUT2D eigenvalue weighted by Gasteiger charge is 2.30. The molecule has 4 rings (SSSR count). The lowest BCUT2D eigenvalue weighted by atomic mass is 10.2. The zero-order valence-electron chi connectivity index (χ0n) is 13.2. The van der Waals surface area contributed by atoms with Crippen LogP contribution in [0.5, 0.6) is 0 Å². The first-order valence-corrected chi connectivity index (χ1v) is 7.78. The molecule has 10 nitrogen and oxygen atoms in total. The Morgan fingerprint density at radius 3 is 3.04 bits per heavy atom. The molecule has 1 atom stereocenters. The number of urea groups is 1. The summed E-state index contributed by atoms with van der Waals surface area (Å²) in [6.07, 6.45) is 6.49. The quantitative estimate of drug-likeness (QED) is 0.735. The Balaban J connectivity index is 1.47. The molecule has 0 bridgehead atoms. The minimum atomic E-state index is -0.299. The van der Waals surface area contributed by atoms with Crippen LogP contribution >= 0.6 is 0 Å². The fraction of sp³-hybridized carbons (Fsp3) is 0.267. The summed E-state index contributed by atoms with van der Waals surface area (Å²) in [4.78, 5) is 22.7. The number of nitrogens with zero attached hydrogens (tertiary/aromatic N) is 6. The van der Waals surface area contributed by atoms with E-state index in [2.05, 4.69) is 30.6 Å². The second kappa shape index (κ2) is 6.69. The number of pyridine rings is 1. The topological polar surface area (TPSA) is 114 Å². The molecule has 0 aromatic carbocycles. The number of amides is 2. The summed E-state index contributed by atoms with van der Waals surface area (Å²) in [6, 6.07) is 4.85. The van der Waals surface area contributed by atoms with E-state index in [4.69, 9.17) is 4.74 Å². The molecule has 4 heterocycles. The average molecular weight is 340 g/mol. The summed E-state index contributed by atoms with van der Waals surface area (Å²) in [5, 5.41) is 13.6. The van der Waals surface area contributed by atoms with Gasteiger partial charge in [-0.3, -0.25) is 5.10 Å². The molecule has 3 aromatic rings. The number of aromatic nitrogens is 6.